The Bertz CT molecular complexity index is 625. The maximum absolute atomic E-state index is 12.1. The quantitative estimate of drug-likeness (QED) is 0.502. The molecule has 2 aliphatic heterocycles. The van der Waals surface area contributed by atoms with E-state index in [0.717, 1.165) is 55.4 Å². The van der Waals surface area contributed by atoms with Crippen LogP contribution >= 0.6 is 21.6 Å². The molecule has 0 aromatic heterocycles. The van der Waals surface area contributed by atoms with Gasteiger partial charge in [0.15, 0.2) is 0 Å². The number of carbonyl (C=O) groups excluding carboxylic acids is 2. The second kappa shape index (κ2) is 10.3. The van der Waals surface area contributed by atoms with E-state index in [-0.39, 0.29) is 17.7 Å². The first kappa shape index (κ1) is 20.4. The number of piperidine rings is 1. The summed E-state index contributed by atoms with van der Waals surface area (Å²) in [4.78, 5) is 25.7. The Morgan fingerprint density at radius 2 is 1.85 bits per heavy atom. The second-order valence-corrected chi connectivity index (χ2v) is 10.1. The van der Waals surface area contributed by atoms with Crippen molar-refractivity contribution in [1.82, 2.24) is 0 Å². The summed E-state index contributed by atoms with van der Waals surface area (Å²) < 4.78 is 0. The number of rotatable bonds is 8. The van der Waals surface area contributed by atoms with E-state index in [0.29, 0.717) is 6.42 Å². The van der Waals surface area contributed by atoms with Crippen LogP contribution < -0.4 is 16.0 Å². The normalized spacial score (nSPS) is 20.6. The number of amides is 2. The molecule has 0 aliphatic carbocycles. The van der Waals surface area contributed by atoms with E-state index >= 15 is 0 Å². The lowest BCUT2D eigenvalue weighted by Crippen LogP contribution is -2.38. The van der Waals surface area contributed by atoms with Gasteiger partial charge in [-0.05, 0) is 56.4 Å². The van der Waals surface area contributed by atoms with Crippen molar-refractivity contribution in [2.45, 2.75) is 50.2 Å². The fourth-order valence-corrected chi connectivity index (χ4v) is 6.65. The molecule has 1 unspecified atom stereocenters. The van der Waals surface area contributed by atoms with E-state index in [2.05, 4.69) is 10.2 Å². The lowest BCUT2D eigenvalue weighted by molar-refractivity contribution is -0.122. The van der Waals surface area contributed by atoms with Crippen LogP contribution in [0.2, 0.25) is 0 Å². The predicted molar refractivity (Wildman–Crippen MR) is 116 cm³/mol. The lowest BCUT2D eigenvalue weighted by atomic mass is 9.96. The van der Waals surface area contributed by atoms with Crippen molar-refractivity contribution in [1.29, 1.82) is 0 Å². The zero-order valence-corrected chi connectivity index (χ0v) is 17.3. The summed E-state index contributed by atoms with van der Waals surface area (Å²) >= 11 is 0. The number of anilines is 2. The Morgan fingerprint density at radius 3 is 2.48 bits per heavy atom. The maximum atomic E-state index is 12.1. The van der Waals surface area contributed by atoms with Gasteiger partial charge >= 0.3 is 0 Å². The molecule has 0 spiro atoms. The minimum atomic E-state index is -0.186. The van der Waals surface area contributed by atoms with E-state index in [4.69, 9.17) is 5.73 Å². The predicted octanol–water partition coefficient (Wildman–Crippen LogP) is 4.04. The summed E-state index contributed by atoms with van der Waals surface area (Å²) in [5.41, 5.74) is 7.37. The van der Waals surface area contributed by atoms with Crippen LogP contribution in [0.25, 0.3) is 0 Å². The SMILES string of the molecule is NC(=O)C1CCN(c2ccc(NC(=O)CCCCC3CCSS3)cc2)CC1. The van der Waals surface area contributed by atoms with Crippen LogP contribution in [0.4, 0.5) is 11.4 Å². The number of nitrogens with zero attached hydrogens (tertiary/aromatic N) is 1. The zero-order valence-electron chi connectivity index (χ0n) is 15.7. The number of nitrogens with one attached hydrogen (secondary N) is 1. The van der Waals surface area contributed by atoms with Crippen LogP contribution in [0.5, 0.6) is 0 Å². The van der Waals surface area contributed by atoms with Crippen LogP contribution in [-0.4, -0.2) is 35.9 Å². The van der Waals surface area contributed by atoms with Gasteiger partial charge in [0.05, 0.1) is 0 Å². The van der Waals surface area contributed by atoms with Gasteiger partial charge in [-0.15, -0.1) is 0 Å². The highest BCUT2D eigenvalue weighted by Gasteiger charge is 2.23. The van der Waals surface area contributed by atoms with Crippen molar-refractivity contribution >= 4 is 44.8 Å². The van der Waals surface area contributed by atoms with Gasteiger partial charge in [-0.2, -0.15) is 0 Å². The summed E-state index contributed by atoms with van der Waals surface area (Å²) in [5.74, 6) is 1.19. The van der Waals surface area contributed by atoms with Gasteiger partial charge in [-0.3, -0.25) is 9.59 Å². The molecule has 0 saturated carbocycles. The van der Waals surface area contributed by atoms with Crippen molar-refractivity contribution in [3.05, 3.63) is 24.3 Å². The molecule has 1 aromatic carbocycles. The maximum Gasteiger partial charge on any atom is 0.224 e. The molecule has 2 fully saturated rings. The molecule has 2 amide bonds. The number of nitrogens with two attached hydrogens (primary N) is 1. The third kappa shape index (κ3) is 6.35. The minimum absolute atomic E-state index is 0.00540. The van der Waals surface area contributed by atoms with Gasteiger partial charge < -0.3 is 16.0 Å². The number of hydrogen-bond acceptors (Lipinski definition) is 5. The van der Waals surface area contributed by atoms with Gasteiger partial charge in [-0.25, -0.2) is 0 Å². The van der Waals surface area contributed by atoms with Crippen molar-refractivity contribution in [3.63, 3.8) is 0 Å². The molecule has 5 nitrogen and oxygen atoms in total. The fourth-order valence-electron chi connectivity index (χ4n) is 3.62. The molecule has 2 saturated heterocycles. The topological polar surface area (TPSA) is 75.4 Å². The first-order valence-electron chi connectivity index (χ1n) is 9.84. The van der Waals surface area contributed by atoms with Crippen LogP contribution in [0.15, 0.2) is 24.3 Å². The average Bonchev–Trinajstić information content (AvgIpc) is 3.19. The highest BCUT2D eigenvalue weighted by Crippen LogP contribution is 2.39. The second-order valence-electron chi connectivity index (χ2n) is 7.33. The molecule has 0 bridgehead atoms. The van der Waals surface area contributed by atoms with Crippen LogP contribution in [-0.2, 0) is 9.59 Å². The molecule has 1 atom stereocenters. The van der Waals surface area contributed by atoms with Crippen molar-refractivity contribution in [3.8, 4) is 0 Å². The van der Waals surface area contributed by atoms with Gasteiger partial charge in [0.1, 0.15) is 0 Å². The smallest absolute Gasteiger partial charge is 0.224 e. The monoisotopic (exact) mass is 407 g/mol. The molecular weight excluding hydrogens is 378 g/mol. The number of primary amides is 1. The fraction of sp³-hybridized carbons (Fsp3) is 0.600. The number of carbonyl (C=O) groups is 2. The standard InChI is InChI=1S/C20H29N3O2S2/c21-20(25)15-9-12-23(13-10-15)17-7-5-16(6-8-17)22-19(24)4-2-1-3-18-11-14-26-27-18/h5-8,15,18H,1-4,9-14H2,(H2,21,25)(H,22,24). The van der Waals surface area contributed by atoms with E-state index in [1.165, 1.54) is 18.6 Å². The molecule has 2 heterocycles. The average molecular weight is 408 g/mol. The van der Waals surface area contributed by atoms with Crippen molar-refractivity contribution in [2.75, 3.05) is 29.1 Å². The molecule has 0 radical (unpaired) electrons. The van der Waals surface area contributed by atoms with E-state index in [1.54, 1.807) is 0 Å². The Hall–Kier alpha value is -1.34. The highest BCUT2D eigenvalue weighted by molar-refractivity contribution is 8.77. The number of unbranched alkanes of at least 4 members (excludes halogenated alkanes) is 1. The van der Waals surface area contributed by atoms with E-state index in [1.807, 2.05) is 45.9 Å². The highest BCUT2D eigenvalue weighted by atomic mass is 33.1. The Morgan fingerprint density at radius 1 is 1.11 bits per heavy atom. The molecule has 1 aromatic rings. The Labute approximate surface area is 169 Å². The van der Waals surface area contributed by atoms with Crippen molar-refractivity contribution < 1.29 is 9.59 Å². The van der Waals surface area contributed by atoms with Crippen LogP contribution in [0, 0.1) is 5.92 Å². The Kier molecular flexibility index (Phi) is 7.76. The largest absolute Gasteiger partial charge is 0.371 e. The number of benzene rings is 1. The molecule has 7 heteroatoms. The summed E-state index contributed by atoms with van der Waals surface area (Å²) in [6.07, 6.45) is 6.84. The van der Waals surface area contributed by atoms with E-state index < -0.39 is 0 Å². The van der Waals surface area contributed by atoms with Gasteiger partial charge in [0.25, 0.3) is 0 Å². The van der Waals surface area contributed by atoms with Gasteiger partial charge in [0, 0.05) is 47.8 Å². The zero-order chi connectivity index (χ0) is 19.1. The molecule has 3 N–H and O–H groups in total. The Balaban J connectivity index is 1.37. The summed E-state index contributed by atoms with van der Waals surface area (Å²) in [6, 6.07) is 7.99. The minimum Gasteiger partial charge on any atom is -0.371 e. The molecule has 3 rings (SSSR count). The lowest BCUT2D eigenvalue weighted by Gasteiger charge is -2.32. The molecular formula is C20H29N3O2S2. The third-order valence-corrected chi connectivity index (χ3v) is 8.33. The molecule has 148 valence electrons. The summed E-state index contributed by atoms with van der Waals surface area (Å²) in [6.45, 7) is 1.69. The molecule has 2 aliphatic rings. The van der Waals surface area contributed by atoms with Crippen molar-refractivity contribution in [2.24, 2.45) is 11.7 Å². The number of hydrogen-bond donors (Lipinski definition) is 2. The van der Waals surface area contributed by atoms with Crippen LogP contribution in [0.1, 0.15) is 44.9 Å². The first-order chi connectivity index (χ1) is 13.1. The first-order valence-corrected chi connectivity index (χ1v) is 12.2. The van der Waals surface area contributed by atoms with Gasteiger partial charge in [0.2, 0.25) is 11.8 Å². The third-order valence-electron chi connectivity index (χ3n) is 5.32. The summed E-state index contributed by atoms with van der Waals surface area (Å²) in [7, 11) is 3.98. The van der Waals surface area contributed by atoms with Gasteiger partial charge in [-0.1, -0.05) is 28.0 Å². The molecule has 27 heavy (non-hydrogen) atoms. The van der Waals surface area contributed by atoms with Crippen LogP contribution in [0.3, 0.4) is 0 Å². The van der Waals surface area contributed by atoms with E-state index in [9.17, 15) is 9.59 Å². The summed E-state index contributed by atoms with van der Waals surface area (Å²) in [5, 5.41) is 3.78.